The predicted octanol–water partition coefficient (Wildman–Crippen LogP) is 3.77. The molecule has 0 saturated carbocycles. The highest BCUT2D eigenvalue weighted by molar-refractivity contribution is 9.10. The van der Waals surface area contributed by atoms with Gasteiger partial charge in [0.15, 0.2) is 6.10 Å². The molecule has 0 aromatic heterocycles. The zero-order valence-electron chi connectivity index (χ0n) is 14.5. The van der Waals surface area contributed by atoms with Crippen LogP contribution in [0.4, 0.5) is 0 Å². The van der Waals surface area contributed by atoms with E-state index in [0.717, 1.165) is 16.5 Å². The Hall–Kier alpha value is -1.59. The normalized spacial score (nSPS) is 12.8. The highest BCUT2D eigenvalue weighted by Crippen LogP contribution is 2.29. The molecule has 0 amide bonds. The number of rotatable bonds is 9. The van der Waals surface area contributed by atoms with Crippen LogP contribution >= 0.6 is 15.9 Å². The van der Waals surface area contributed by atoms with E-state index >= 15 is 0 Å². The number of hydrogen-bond donors (Lipinski definition) is 3. The fraction of sp³-hybridized carbons (Fsp3) is 0.474. The van der Waals surface area contributed by atoms with Gasteiger partial charge in [0.05, 0.1) is 12.7 Å². The summed E-state index contributed by atoms with van der Waals surface area (Å²) in [6.45, 7) is 3.90. The number of halogens is 1. The molecular weight excluding hydrogens is 388 g/mol. The van der Waals surface area contributed by atoms with Gasteiger partial charge in [-0.3, -0.25) is 0 Å². The minimum Gasteiger partial charge on any atom is -0.508 e. The molecule has 0 spiro atoms. The predicted molar refractivity (Wildman–Crippen MR) is 99.1 cm³/mol. The lowest BCUT2D eigenvalue weighted by Crippen LogP contribution is -2.23. The van der Waals surface area contributed by atoms with E-state index in [9.17, 15) is 20.1 Å². The molecular formula is C19H25BrO5. The summed E-state index contributed by atoms with van der Waals surface area (Å²) in [7, 11) is 0. The van der Waals surface area contributed by atoms with Crippen LogP contribution in [-0.2, 0) is 9.53 Å². The first-order valence-electron chi connectivity index (χ1n) is 8.33. The molecule has 3 N–H and O–H groups in total. The number of aromatic hydroxyl groups is 1. The molecule has 0 aliphatic rings. The summed E-state index contributed by atoms with van der Waals surface area (Å²) >= 11 is 3.31. The molecule has 0 fully saturated rings. The third kappa shape index (κ3) is 7.45. The fourth-order valence-electron chi connectivity index (χ4n) is 2.32. The molecule has 6 heteroatoms. The first-order chi connectivity index (χ1) is 11.9. The number of phenols is 1. The lowest BCUT2D eigenvalue weighted by Gasteiger charge is -2.11. The van der Waals surface area contributed by atoms with E-state index in [4.69, 9.17) is 4.74 Å². The molecule has 1 aromatic carbocycles. The first-order valence-corrected chi connectivity index (χ1v) is 9.12. The maximum atomic E-state index is 11.5. The van der Waals surface area contributed by atoms with Crippen molar-refractivity contribution in [2.75, 3.05) is 6.61 Å². The van der Waals surface area contributed by atoms with Gasteiger partial charge in [0, 0.05) is 22.9 Å². The second-order valence-electron chi connectivity index (χ2n) is 5.63. The molecule has 0 unspecified atom stereocenters. The van der Waals surface area contributed by atoms with Gasteiger partial charge in [-0.05, 0) is 43.2 Å². The molecule has 25 heavy (non-hydrogen) atoms. The Kier molecular flexibility index (Phi) is 9.53. The third-order valence-electron chi connectivity index (χ3n) is 3.55. The van der Waals surface area contributed by atoms with Crippen LogP contribution in [-0.4, -0.2) is 34.0 Å². The van der Waals surface area contributed by atoms with E-state index in [2.05, 4.69) is 21.7 Å². The Bertz CT molecular complexity index is 635. The molecule has 0 saturated heterocycles. The largest absolute Gasteiger partial charge is 0.508 e. The second-order valence-corrected chi connectivity index (χ2v) is 6.54. The van der Waals surface area contributed by atoms with E-state index in [1.165, 1.54) is 6.07 Å². The van der Waals surface area contributed by atoms with Gasteiger partial charge in [-0.2, -0.15) is 0 Å². The van der Waals surface area contributed by atoms with Gasteiger partial charge < -0.3 is 20.1 Å². The molecule has 0 heterocycles. The number of hydrogen-bond acceptors (Lipinski definition) is 5. The van der Waals surface area contributed by atoms with E-state index < -0.39 is 18.2 Å². The van der Waals surface area contributed by atoms with E-state index in [-0.39, 0.29) is 25.2 Å². The van der Waals surface area contributed by atoms with Gasteiger partial charge in [-0.1, -0.05) is 29.3 Å². The highest BCUT2D eigenvalue weighted by atomic mass is 79.9. The second kappa shape index (κ2) is 11.1. The Balaban J connectivity index is 2.80. The van der Waals surface area contributed by atoms with Crippen LogP contribution < -0.4 is 0 Å². The van der Waals surface area contributed by atoms with Crippen molar-refractivity contribution in [1.29, 1.82) is 0 Å². The number of esters is 1. The van der Waals surface area contributed by atoms with Crippen LogP contribution in [0.2, 0.25) is 0 Å². The minimum absolute atomic E-state index is 0.0274. The molecule has 1 rings (SSSR count). The van der Waals surface area contributed by atoms with E-state index in [1.54, 1.807) is 25.1 Å². The molecule has 1 aromatic rings. The summed E-state index contributed by atoms with van der Waals surface area (Å²) in [5, 5.41) is 29.9. The standard InChI is InChI=1S/C19H25BrO5/c1-3-6-13(11-18(23)19(24)25-4-2)7-5-8-16(21)15-12-14(20)9-10-17(15)22/h5,9-10,12,16,18,21-23H,3-4,6,8,11H2,1-2H3/t7?,16-,18-/m1/s1. The summed E-state index contributed by atoms with van der Waals surface area (Å²) in [5.74, 6) is -0.614. The van der Waals surface area contributed by atoms with Crippen molar-refractivity contribution in [2.24, 2.45) is 0 Å². The zero-order valence-corrected chi connectivity index (χ0v) is 16.1. The molecule has 5 nitrogen and oxygen atoms in total. The highest BCUT2D eigenvalue weighted by Gasteiger charge is 2.17. The maximum Gasteiger partial charge on any atom is 0.335 e. The van der Waals surface area contributed by atoms with E-state index in [0.29, 0.717) is 12.0 Å². The lowest BCUT2D eigenvalue weighted by molar-refractivity contribution is -0.152. The van der Waals surface area contributed by atoms with Crippen molar-refractivity contribution in [1.82, 2.24) is 0 Å². The monoisotopic (exact) mass is 412 g/mol. The number of ether oxygens (including phenoxy) is 1. The van der Waals surface area contributed by atoms with Gasteiger partial charge in [0.25, 0.3) is 0 Å². The van der Waals surface area contributed by atoms with Crippen molar-refractivity contribution in [3.8, 4) is 5.75 Å². The van der Waals surface area contributed by atoms with Gasteiger partial charge in [0.1, 0.15) is 5.75 Å². The van der Waals surface area contributed by atoms with Gasteiger partial charge in [0.2, 0.25) is 0 Å². The van der Waals surface area contributed by atoms with Crippen LogP contribution in [0.1, 0.15) is 51.2 Å². The Morgan fingerprint density at radius 1 is 1.36 bits per heavy atom. The quantitative estimate of drug-likeness (QED) is 0.424. The molecule has 2 atom stereocenters. The van der Waals surface area contributed by atoms with Crippen molar-refractivity contribution in [3.63, 3.8) is 0 Å². The summed E-state index contributed by atoms with van der Waals surface area (Å²) in [6.07, 6.45) is 1.53. The van der Waals surface area contributed by atoms with Crippen LogP contribution in [0.3, 0.4) is 0 Å². The number of phenolic OH excluding ortho intramolecular Hbond substituents is 1. The average molecular weight is 413 g/mol. The molecule has 138 valence electrons. The Morgan fingerprint density at radius 2 is 2.08 bits per heavy atom. The number of benzene rings is 1. The minimum atomic E-state index is -1.21. The van der Waals surface area contributed by atoms with Crippen LogP contribution in [0.5, 0.6) is 5.75 Å². The number of carbonyl (C=O) groups is 1. The maximum absolute atomic E-state index is 11.5. The van der Waals surface area contributed by atoms with Gasteiger partial charge >= 0.3 is 5.97 Å². The van der Waals surface area contributed by atoms with Crippen molar-refractivity contribution in [3.05, 3.63) is 45.6 Å². The Morgan fingerprint density at radius 3 is 2.72 bits per heavy atom. The number of carbonyl (C=O) groups excluding carboxylic acids is 1. The van der Waals surface area contributed by atoms with Crippen LogP contribution in [0, 0.1) is 0 Å². The zero-order chi connectivity index (χ0) is 18.8. The number of aliphatic hydroxyl groups excluding tert-OH is 2. The SMILES string of the molecule is CCCC(=C=CC[C@@H](O)c1cc(Br)ccc1O)C[C@@H](O)C(=O)OCC. The van der Waals surface area contributed by atoms with Crippen molar-refractivity contribution in [2.45, 2.75) is 51.7 Å². The topological polar surface area (TPSA) is 87.0 Å². The first kappa shape index (κ1) is 21.5. The molecule has 0 aliphatic heterocycles. The summed E-state index contributed by atoms with van der Waals surface area (Å²) in [5.41, 5.74) is 4.27. The lowest BCUT2D eigenvalue weighted by atomic mass is 10.0. The molecule has 0 aliphatic carbocycles. The average Bonchev–Trinajstić information content (AvgIpc) is 2.57. The number of aliphatic hydroxyl groups is 2. The summed E-state index contributed by atoms with van der Waals surface area (Å²) in [4.78, 5) is 11.5. The molecule has 0 radical (unpaired) electrons. The van der Waals surface area contributed by atoms with E-state index in [1.807, 2.05) is 6.92 Å². The van der Waals surface area contributed by atoms with Crippen LogP contribution in [0.15, 0.2) is 40.1 Å². The fourth-order valence-corrected chi connectivity index (χ4v) is 2.70. The van der Waals surface area contributed by atoms with Crippen molar-refractivity contribution >= 4 is 21.9 Å². The molecule has 0 bridgehead atoms. The summed E-state index contributed by atoms with van der Waals surface area (Å²) < 4.78 is 5.56. The smallest absolute Gasteiger partial charge is 0.335 e. The third-order valence-corrected chi connectivity index (χ3v) is 4.04. The van der Waals surface area contributed by atoms with Gasteiger partial charge in [-0.15, -0.1) is 5.73 Å². The summed E-state index contributed by atoms with van der Waals surface area (Å²) in [6, 6.07) is 4.87. The van der Waals surface area contributed by atoms with Crippen LogP contribution in [0.25, 0.3) is 0 Å². The van der Waals surface area contributed by atoms with Gasteiger partial charge in [-0.25, -0.2) is 4.79 Å². The Labute approximate surface area is 156 Å². The van der Waals surface area contributed by atoms with Crippen molar-refractivity contribution < 1.29 is 24.9 Å².